The van der Waals surface area contributed by atoms with Crippen molar-refractivity contribution in [2.75, 3.05) is 6.61 Å². The largest absolute Gasteiger partial charge is 0.372 e. The Morgan fingerprint density at radius 1 is 1.18 bits per heavy atom. The van der Waals surface area contributed by atoms with Crippen LogP contribution in [0.5, 0.6) is 0 Å². The molecule has 0 N–H and O–H groups in total. The first-order valence-corrected chi connectivity index (χ1v) is 3.72. The van der Waals surface area contributed by atoms with Crippen molar-refractivity contribution in [1.82, 2.24) is 0 Å². The van der Waals surface area contributed by atoms with Gasteiger partial charge in [-0.25, -0.2) is 0 Å². The first-order chi connectivity index (χ1) is 5.38. The average molecular weight is 146 g/mol. The highest BCUT2D eigenvalue weighted by Gasteiger charge is 2.10. The van der Waals surface area contributed by atoms with Gasteiger partial charge in [0.05, 0.1) is 13.2 Å². The van der Waals surface area contributed by atoms with E-state index in [1.54, 1.807) is 0 Å². The van der Waals surface area contributed by atoms with Gasteiger partial charge in [0, 0.05) is 0 Å². The van der Waals surface area contributed by atoms with Crippen LogP contribution in [-0.2, 0) is 11.3 Å². The second kappa shape index (κ2) is 2.51. The fraction of sp³-hybridized carbons (Fsp3) is 0.200. The highest BCUT2D eigenvalue weighted by atomic mass is 16.5. The molecule has 0 fully saturated rings. The molecule has 0 saturated heterocycles. The third kappa shape index (κ3) is 1.08. The van der Waals surface area contributed by atoms with Gasteiger partial charge in [-0.05, 0) is 16.7 Å². The van der Waals surface area contributed by atoms with E-state index < -0.39 is 0 Å². The molecule has 0 atom stereocenters. The molecule has 2 rings (SSSR count). The van der Waals surface area contributed by atoms with Crippen LogP contribution in [0, 0.1) is 0 Å². The van der Waals surface area contributed by atoms with Crippen LogP contribution >= 0.6 is 0 Å². The van der Waals surface area contributed by atoms with Crippen molar-refractivity contribution in [2.45, 2.75) is 6.61 Å². The van der Waals surface area contributed by atoms with E-state index in [0.717, 1.165) is 12.2 Å². The van der Waals surface area contributed by atoms with Crippen LogP contribution < -0.4 is 0 Å². The van der Waals surface area contributed by atoms with Crippen LogP contribution in [0.25, 0.3) is 5.57 Å². The molecule has 1 aliphatic heterocycles. The highest BCUT2D eigenvalue weighted by molar-refractivity contribution is 5.67. The Balaban J connectivity index is 2.52. The minimum Gasteiger partial charge on any atom is -0.372 e. The van der Waals surface area contributed by atoms with Crippen LogP contribution in [0.2, 0.25) is 0 Å². The predicted molar refractivity (Wildman–Crippen MR) is 45.1 cm³/mol. The Labute approximate surface area is 66.3 Å². The average Bonchev–Trinajstić information content (AvgIpc) is 2.06. The Hall–Kier alpha value is -1.08. The van der Waals surface area contributed by atoms with Crippen molar-refractivity contribution in [1.29, 1.82) is 0 Å². The summed E-state index contributed by atoms with van der Waals surface area (Å²) in [5.41, 5.74) is 3.61. The molecule has 1 heterocycles. The van der Waals surface area contributed by atoms with E-state index in [1.165, 1.54) is 11.1 Å². The Morgan fingerprint density at radius 2 is 2.00 bits per heavy atom. The molecular formula is C10H10O. The van der Waals surface area contributed by atoms with Crippen molar-refractivity contribution in [3.05, 3.63) is 42.0 Å². The maximum absolute atomic E-state index is 5.31. The second-order valence-electron chi connectivity index (χ2n) is 2.75. The van der Waals surface area contributed by atoms with Crippen LogP contribution in [-0.4, -0.2) is 6.61 Å². The van der Waals surface area contributed by atoms with E-state index >= 15 is 0 Å². The van der Waals surface area contributed by atoms with Crippen molar-refractivity contribution >= 4 is 5.57 Å². The van der Waals surface area contributed by atoms with Crippen molar-refractivity contribution in [2.24, 2.45) is 0 Å². The third-order valence-corrected chi connectivity index (χ3v) is 1.93. The van der Waals surface area contributed by atoms with E-state index in [2.05, 4.69) is 18.7 Å². The predicted octanol–water partition coefficient (Wildman–Crippen LogP) is 2.23. The van der Waals surface area contributed by atoms with Crippen molar-refractivity contribution < 1.29 is 4.74 Å². The van der Waals surface area contributed by atoms with E-state index in [0.29, 0.717) is 6.61 Å². The molecule has 1 aromatic rings. The van der Waals surface area contributed by atoms with E-state index in [9.17, 15) is 0 Å². The van der Waals surface area contributed by atoms with Crippen LogP contribution in [0.3, 0.4) is 0 Å². The van der Waals surface area contributed by atoms with Gasteiger partial charge in [0.1, 0.15) is 0 Å². The van der Waals surface area contributed by atoms with Crippen molar-refractivity contribution in [3.8, 4) is 0 Å². The number of ether oxygens (including phenoxy) is 1. The summed E-state index contributed by atoms with van der Waals surface area (Å²) in [6.45, 7) is 5.34. The van der Waals surface area contributed by atoms with Gasteiger partial charge in [-0.1, -0.05) is 30.8 Å². The number of benzene rings is 1. The summed E-state index contributed by atoms with van der Waals surface area (Å²) < 4.78 is 5.31. The zero-order valence-electron chi connectivity index (χ0n) is 6.34. The van der Waals surface area contributed by atoms with Gasteiger partial charge in [-0.2, -0.15) is 0 Å². The zero-order valence-corrected chi connectivity index (χ0v) is 6.34. The lowest BCUT2D eigenvalue weighted by Gasteiger charge is -2.17. The summed E-state index contributed by atoms with van der Waals surface area (Å²) in [6.07, 6.45) is 0. The number of hydrogen-bond donors (Lipinski definition) is 0. The number of hydrogen-bond acceptors (Lipinski definition) is 1. The Bertz CT molecular complexity index is 289. The SMILES string of the molecule is C=C1COCc2ccccc21. The summed E-state index contributed by atoms with van der Waals surface area (Å²) in [5, 5.41) is 0. The first-order valence-electron chi connectivity index (χ1n) is 3.72. The fourth-order valence-electron chi connectivity index (χ4n) is 1.35. The summed E-state index contributed by atoms with van der Waals surface area (Å²) >= 11 is 0. The molecule has 0 aromatic heterocycles. The van der Waals surface area contributed by atoms with Crippen LogP contribution in [0.4, 0.5) is 0 Å². The quantitative estimate of drug-likeness (QED) is 0.545. The molecule has 0 aliphatic carbocycles. The standard InChI is InChI=1S/C10H10O/c1-8-6-11-7-9-4-2-3-5-10(8)9/h2-5H,1,6-7H2. The van der Waals surface area contributed by atoms with Crippen LogP contribution in [0.1, 0.15) is 11.1 Å². The molecule has 1 heteroatoms. The molecule has 0 spiro atoms. The molecule has 0 unspecified atom stereocenters. The van der Waals surface area contributed by atoms with E-state index in [4.69, 9.17) is 4.74 Å². The summed E-state index contributed by atoms with van der Waals surface area (Å²) in [4.78, 5) is 0. The highest BCUT2D eigenvalue weighted by Crippen LogP contribution is 2.23. The zero-order chi connectivity index (χ0) is 7.68. The lowest BCUT2D eigenvalue weighted by atomic mass is 10.0. The topological polar surface area (TPSA) is 9.23 Å². The van der Waals surface area contributed by atoms with Gasteiger partial charge in [-0.15, -0.1) is 0 Å². The summed E-state index contributed by atoms with van der Waals surface area (Å²) in [5.74, 6) is 0. The van der Waals surface area contributed by atoms with Gasteiger partial charge >= 0.3 is 0 Å². The molecule has 1 nitrogen and oxygen atoms in total. The molecule has 0 bridgehead atoms. The molecule has 1 aromatic carbocycles. The fourth-order valence-corrected chi connectivity index (χ4v) is 1.35. The number of rotatable bonds is 0. The molecule has 0 amide bonds. The lowest BCUT2D eigenvalue weighted by molar-refractivity contribution is 0.146. The molecule has 0 radical (unpaired) electrons. The summed E-state index contributed by atoms with van der Waals surface area (Å²) in [7, 11) is 0. The third-order valence-electron chi connectivity index (χ3n) is 1.93. The maximum atomic E-state index is 5.31. The molecular weight excluding hydrogens is 136 g/mol. The second-order valence-corrected chi connectivity index (χ2v) is 2.75. The van der Waals surface area contributed by atoms with Gasteiger partial charge in [-0.3, -0.25) is 0 Å². The molecule has 56 valence electrons. The van der Waals surface area contributed by atoms with Gasteiger partial charge in [0.25, 0.3) is 0 Å². The van der Waals surface area contributed by atoms with Crippen LogP contribution in [0.15, 0.2) is 30.8 Å². The molecule has 0 saturated carbocycles. The Kier molecular flexibility index (Phi) is 1.51. The lowest BCUT2D eigenvalue weighted by Crippen LogP contribution is -2.07. The minimum atomic E-state index is 0.678. The van der Waals surface area contributed by atoms with E-state index in [1.807, 2.05) is 12.1 Å². The minimum absolute atomic E-state index is 0.678. The Morgan fingerprint density at radius 3 is 2.82 bits per heavy atom. The number of fused-ring (bicyclic) bond motifs is 1. The van der Waals surface area contributed by atoms with Crippen molar-refractivity contribution in [3.63, 3.8) is 0 Å². The van der Waals surface area contributed by atoms with Gasteiger partial charge in [0.2, 0.25) is 0 Å². The maximum Gasteiger partial charge on any atom is 0.0727 e. The normalized spacial score (nSPS) is 16.2. The molecule has 11 heavy (non-hydrogen) atoms. The molecule has 1 aliphatic rings. The monoisotopic (exact) mass is 146 g/mol. The van der Waals surface area contributed by atoms with Gasteiger partial charge in [0.15, 0.2) is 0 Å². The first kappa shape index (κ1) is 6.62. The summed E-state index contributed by atoms with van der Waals surface area (Å²) in [6, 6.07) is 8.25. The smallest absolute Gasteiger partial charge is 0.0727 e. The van der Waals surface area contributed by atoms with E-state index in [-0.39, 0.29) is 0 Å². The van der Waals surface area contributed by atoms with Gasteiger partial charge < -0.3 is 4.74 Å².